The Labute approximate surface area is 169 Å². The van der Waals surface area contributed by atoms with Gasteiger partial charge in [-0.2, -0.15) is 4.98 Å². The number of halogens is 1. The number of aryl methyl sites for hydroxylation is 1. The first-order valence-corrected chi connectivity index (χ1v) is 8.88. The average Bonchev–Trinajstić information content (AvgIpc) is 3.13. The molecule has 1 amide bonds. The van der Waals surface area contributed by atoms with Gasteiger partial charge in [-0.25, -0.2) is 4.98 Å². The summed E-state index contributed by atoms with van der Waals surface area (Å²) in [5, 5.41) is 13.6. The number of carbonyl (C=O) groups is 1. The monoisotopic (exact) mass is 408 g/mol. The van der Waals surface area contributed by atoms with E-state index in [0.29, 0.717) is 28.4 Å². The van der Waals surface area contributed by atoms with Crippen LogP contribution in [0.1, 0.15) is 15.9 Å². The molecule has 29 heavy (non-hydrogen) atoms. The molecule has 0 saturated heterocycles. The maximum atomic E-state index is 12.6. The second-order valence-corrected chi connectivity index (χ2v) is 6.66. The lowest BCUT2D eigenvalue weighted by molar-refractivity contribution is -0.384. The Morgan fingerprint density at radius 1 is 1.21 bits per heavy atom. The largest absolute Gasteiger partial charge is 0.434 e. The molecule has 2 aromatic carbocycles. The second kappa shape index (κ2) is 7.33. The van der Waals surface area contributed by atoms with Gasteiger partial charge in [-0.3, -0.25) is 14.9 Å². The number of aromatic nitrogens is 2. The molecule has 1 N–H and O–H groups in total. The fourth-order valence-electron chi connectivity index (χ4n) is 2.77. The van der Waals surface area contributed by atoms with Gasteiger partial charge < -0.3 is 9.73 Å². The summed E-state index contributed by atoms with van der Waals surface area (Å²) in [4.78, 5) is 31.4. The molecule has 9 heteroatoms. The molecule has 4 rings (SSSR count). The minimum atomic E-state index is -0.573. The number of pyridine rings is 1. The summed E-state index contributed by atoms with van der Waals surface area (Å²) < 4.78 is 5.72. The Hall–Kier alpha value is -3.78. The Kier molecular flexibility index (Phi) is 4.69. The van der Waals surface area contributed by atoms with Crippen molar-refractivity contribution in [3.05, 3.63) is 81.0 Å². The van der Waals surface area contributed by atoms with Crippen molar-refractivity contribution in [3.8, 4) is 11.5 Å². The van der Waals surface area contributed by atoms with Gasteiger partial charge >= 0.3 is 0 Å². The van der Waals surface area contributed by atoms with Crippen LogP contribution in [0.4, 0.5) is 11.4 Å². The summed E-state index contributed by atoms with van der Waals surface area (Å²) in [7, 11) is 0. The van der Waals surface area contributed by atoms with Crippen LogP contribution in [0, 0.1) is 17.0 Å². The molecule has 144 valence electrons. The summed E-state index contributed by atoms with van der Waals surface area (Å²) in [6.07, 6.45) is 1.63. The van der Waals surface area contributed by atoms with Gasteiger partial charge in [0.05, 0.1) is 15.5 Å². The molecule has 2 heterocycles. The van der Waals surface area contributed by atoms with Crippen LogP contribution >= 0.6 is 11.6 Å². The van der Waals surface area contributed by atoms with Crippen molar-refractivity contribution < 1.29 is 14.1 Å². The molecule has 8 nitrogen and oxygen atoms in total. The molecule has 0 fully saturated rings. The highest BCUT2D eigenvalue weighted by molar-refractivity contribution is 6.34. The third-order valence-electron chi connectivity index (χ3n) is 4.31. The number of fused-ring (bicyclic) bond motifs is 1. The van der Waals surface area contributed by atoms with Crippen molar-refractivity contribution in [1.29, 1.82) is 0 Å². The van der Waals surface area contributed by atoms with Crippen LogP contribution in [0.15, 0.2) is 59.1 Å². The van der Waals surface area contributed by atoms with E-state index in [4.69, 9.17) is 16.0 Å². The van der Waals surface area contributed by atoms with E-state index in [2.05, 4.69) is 15.3 Å². The molecule has 0 aliphatic heterocycles. The minimum absolute atomic E-state index is 0.00414. The van der Waals surface area contributed by atoms with Crippen LogP contribution in [-0.4, -0.2) is 20.8 Å². The molecular formula is C20H13ClN4O4. The number of nitro groups is 1. The Balaban J connectivity index is 1.64. The first-order chi connectivity index (χ1) is 13.9. The molecule has 0 saturated carbocycles. The Bertz CT molecular complexity index is 1240. The van der Waals surface area contributed by atoms with Crippen LogP contribution < -0.4 is 5.32 Å². The topological polar surface area (TPSA) is 111 Å². The summed E-state index contributed by atoms with van der Waals surface area (Å²) in [6, 6.07) is 12.6. The molecule has 0 atom stereocenters. The van der Waals surface area contributed by atoms with E-state index in [1.165, 1.54) is 12.1 Å². The highest BCUT2D eigenvalue weighted by Gasteiger charge is 2.17. The predicted molar refractivity (Wildman–Crippen MR) is 108 cm³/mol. The van der Waals surface area contributed by atoms with Gasteiger partial charge in [-0.15, -0.1) is 0 Å². The van der Waals surface area contributed by atoms with E-state index < -0.39 is 10.8 Å². The predicted octanol–water partition coefficient (Wildman–Crippen LogP) is 5.01. The Morgan fingerprint density at radius 3 is 2.76 bits per heavy atom. The van der Waals surface area contributed by atoms with Gasteiger partial charge in [0, 0.05) is 29.6 Å². The van der Waals surface area contributed by atoms with Crippen molar-refractivity contribution in [2.24, 2.45) is 0 Å². The van der Waals surface area contributed by atoms with Crippen molar-refractivity contribution in [3.63, 3.8) is 0 Å². The van der Waals surface area contributed by atoms with E-state index in [-0.39, 0.29) is 16.3 Å². The van der Waals surface area contributed by atoms with Crippen molar-refractivity contribution in [1.82, 2.24) is 9.97 Å². The summed E-state index contributed by atoms with van der Waals surface area (Å²) in [5.41, 5.74) is 3.02. The number of amides is 1. The second-order valence-electron chi connectivity index (χ2n) is 6.25. The number of nitrogens with one attached hydrogen (secondary N) is 1. The zero-order valence-electron chi connectivity index (χ0n) is 15.0. The van der Waals surface area contributed by atoms with Crippen LogP contribution in [0.3, 0.4) is 0 Å². The van der Waals surface area contributed by atoms with Gasteiger partial charge in [0.1, 0.15) is 0 Å². The van der Waals surface area contributed by atoms with Crippen molar-refractivity contribution >= 4 is 40.1 Å². The molecule has 0 aliphatic rings. The summed E-state index contributed by atoms with van der Waals surface area (Å²) in [5.74, 6) is -0.105. The molecular weight excluding hydrogens is 396 g/mol. The molecule has 0 bridgehead atoms. The highest BCUT2D eigenvalue weighted by atomic mass is 35.5. The van der Waals surface area contributed by atoms with Crippen LogP contribution in [0.5, 0.6) is 0 Å². The average molecular weight is 409 g/mol. The highest BCUT2D eigenvalue weighted by Crippen LogP contribution is 2.29. The van der Waals surface area contributed by atoms with E-state index in [1.807, 2.05) is 19.1 Å². The number of rotatable bonds is 4. The van der Waals surface area contributed by atoms with Gasteiger partial charge in [0.25, 0.3) is 11.6 Å². The summed E-state index contributed by atoms with van der Waals surface area (Å²) >= 11 is 6.05. The van der Waals surface area contributed by atoms with Gasteiger partial charge in [0.15, 0.2) is 11.2 Å². The number of hydrogen-bond donors (Lipinski definition) is 1. The van der Waals surface area contributed by atoms with Crippen molar-refractivity contribution in [2.45, 2.75) is 6.92 Å². The number of anilines is 1. The number of nitro benzene ring substituents is 1. The van der Waals surface area contributed by atoms with E-state index in [0.717, 1.165) is 11.6 Å². The number of hydrogen-bond acceptors (Lipinski definition) is 6. The fraction of sp³-hybridized carbons (Fsp3) is 0.0500. The lowest BCUT2D eigenvalue weighted by Crippen LogP contribution is -2.13. The molecule has 4 aromatic rings. The van der Waals surface area contributed by atoms with E-state index >= 15 is 0 Å². The first-order valence-electron chi connectivity index (χ1n) is 8.50. The molecule has 0 aliphatic carbocycles. The van der Waals surface area contributed by atoms with Crippen LogP contribution in [0.2, 0.25) is 5.02 Å². The first kappa shape index (κ1) is 18.6. The number of oxazole rings is 1. The van der Waals surface area contributed by atoms with Gasteiger partial charge in [-0.1, -0.05) is 17.7 Å². The van der Waals surface area contributed by atoms with Crippen LogP contribution in [-0.2, 0) is 0 Å². The summed E-state index contributed by atoms with van der Waals surface area (Å²) in [6.45, 7) is 1.84. The molecule has 0 radical (unpaired) electrons. The number of non-ortho nitro benzene ring substituents is 1. The normalized spacial score (nSPS) is 10.8. The molecule has 0 unspecified atom stereocenters. The standard InChI is InChI=1S/C20H13ClN4O4/c1-11-4-5-12(20-24-18-17(29-20)3-2-8-22-18)9-16(11)23-19(26)14-7-6-13(25(27)28)10-15(14)21/h2-10H,1H3,(H,23,26). The number of carbonyl (C=O) groups excluding carboxylic acids is 1. The zero-order valence-corrected chi connectivity index (χ0v) is 15.8. The van der Waals surface area contributed by atoms with Gasteiger partial charge in [-0.05, 0) is 42.8 Å². The minimum Gasteiger partial charge on any atom is -0.434 e. The third-order valence-corrected chi connectivity index (χ3v) is 4.62. The maximum absolute atomic E-state index is 12.6. The number of nitrogens with zero attached hydrogens (tertiary/aromatic N) is 3. The fourth-order valence-corrected chi connectivity index (χ4v) is 3.03. The zero-order chi connectivity index (χ0) is 20.5. The molecule has 2 aromatic heterocycles. The smallest absolute Gasteiger partial charge is 0.270 e. The van der Waals surface area contributed by atoms with Crippen molar-refractivity contribution in [2.75, 3.05) is 5.32 Å². The van der Waals surface area contributed by atoms with E-state index in [1.54, 1.807) is 24.4 Å². The Morgan fingerprint density at radius 2 is 2.03 bits per heavy atom. The number of benzene rings is 2. The molecule has 0 spiro atoms. The van der Waals surface area contributed by atoms with Gasteiger partial charge in [0.2, 0.25) is 5.89 Å². The maximum Gasteiger partial charge on any atom is 0.270 e. The van der Waals surface area contributed by atoms with Crippen LogP contribution in [0.25, 0.3) is 22.7 Å². The lowest BCUT2D eigenvalue weighted by Gasteiger charge is -2.10. The lowest BCUT2D eigenvalue weighted by atomic mass is 10.1. The SMILES string of the molecule is Cc1ccc(-c2nc3ncccc3o2)cc1NC(=O)c1ccc([N+](=O)[O-])cc1Cl. The van der Waals surface area contributed by atoms with E-state index in [9.17, 15) is 14.9 Å². The quantitative estimate of drug-likeness (QED) is 0.375. The third kappa shape index (κ3) is 3.65.